The summed E-state index contributed by atoms with van der Waals surface area (Å²) < 4.78 is 17.4. The molecule has 4 rings (SSSR count). The lowest BCUT2D eigenvalue weighted by Gasteiger charge is -2.08. The van der Waals surface area contributed by atoms with E-state index < -0.39 is 5.82 Å². The van der Waals surface area contributed by atoms with Crippen LogP contribution in [0.4, 0.5) is 4.39 Å². The summed E-state index contributed by atoms with van der Waals surface area (Å²) in [4.78, 5) is 16.6. The Morgan fingerprint density at radius 2 is 2.00 bits per heavy atom. The fourth-order valence-electron chi connectivity index (χ4n) is 2.66. The zero-order valence-electron chi connectivity index (χ0n) is 13.7. The summed E-state index contributed by atoms with van der Waals surface area (Å²) >= 11 is 9.38. The first kappa shape index (κ1) is 17.6. The molecule has 0 saturated heterocycles. The van der Waals surface area contributed by atoms with Crippen LogP contribution in [0.25, 0.3) is 16.9 Å². The van der Waals surface area contributed by atoms with Crippen LogP contribution in [-0.4, -0.2) is 25.2 Å². The Labute approximate surface area is 167 Å². The van der Waals surface area contributed by atoms with Crippen molar-refractivity contribution in [2.24, 2.45) is 0 Å². The highest BCUT2D eigenvalue weighted by Gasteiger charge is 2.18. The molecular formula is C19H11BrClFN4O. The number of hydrogen-bond acceptors (Lipinski definition) is 3. The van der Waals surface area contributed by atoms with Crippen LogP contribution in [0.2, 0.25) is 5.02 Å². The van der Waals surface area contributed by atoms with Gasteiger partial charge in [0.1, 0.15) is 12.1 Å². The Morgan fingerprint density at radius 1 is 1.15 bits per heavy atom. The fourth-order valence-corrected chi connectivity index (χ4v) is 3.23. The maximum Gasteiger partial charge on any atom is 0.283 e. The summed E-state index contributed by atoms with van der Waals surface area (Å²) in [6.45, 7) is 0. The number of nitrogens with zero attached hydrogens (tertiary/aromatic N) is 4. The highest BCUT2D eigenvalue weighted by molar-refractivity contribution is 9.10. The Hall–Kier alpha value is -2.77. The quantitative estimate of drug-likeness (QED) is 0.447. The third-order valence-electron chi connectivity index (χ3n) is 3.94. The van der Waals surface area contributed by atoms with Gasteiger partial charge in [0.2, 0.25) is 0 Å². The van der Waals surface area contributed by atoms with E-state index in [-0.39, 0.29) is 16.6 Å². The fraction of sp³-hybridized carbons (Fsp3) is 0. The molecule has 134 valence electrons. The molecule has 0 saturated carbocycles. The van der Waals surface area contributed by atoms with Crippen LogP contribution in [0.1, 0.15) is 10.5 Å². The van der Waals surface area contributed by atoms with Crippen LogP contribution in [0.15, 0.2) is 71.7 Å². The number of halogens is 3. The van der Waals surface area contributed by atoms with Crippen molar-refractivity contribution in [1.29, 1.82) is 0 Å². The van der Waals surface area contributed by atoms with Crippen molar-refractivity contribution in [3.63, 3.8) is 0 Å². The summed E-state index contributed by atoms with van der Waals surface area (Å²) in [5.74, 6) is -0.834. The van der Waals surface area contributed by atoms with Crippen molar-refractivity contribution in [2.75, 3.05) is 0 Å². The van der Waals surface area contributed by atoms with Crippen LogP contribution in [0.3, 0.4) is 0 Å². The first-order valence-corrected chi connectivity index (χ1v) is 9.04. The van der Waals surface area contributed by atoms with E-state index in [1.807, 2.05) is 24.3 Å². The molecule has 4 aromatic rings. The lowest BCUT2D eigenvalue weighted by atomic mass is 10.1. The molecule has 0 N–H and O–H groups in total. The maximum atomic E-state index is 13.6. The van der Waals surface area contributed by atoms with Gasteiger partial charge in [-0.25, -0.2) is 14.1 Å². The standard InChI is InChI=1S/C19H11BrClFN4O/c20-13-2-1-3-14(9-13)26-18(12-4-5-16(22)15(21)8-12)10-17(24-26)19(27)25-7-6-23-11-25/h1-11H. The molecule has 0 fully saturated rings. The van der Waals surface area contributed by atoms with E-state index in [2.05, 4.69) is 26.0 Å². The minimum atomic E-state index is -0.511. The van der Waals surface area contributed by atoms with E-state index in [1.165, 1.54) is 29.2 Å². The second-order valence-corrected chi connectivity index (χ2v) is 7.03. The molecule has 0 aliphatic rings. The molecule has 0 aliphatic carbocycles. The molecule has 5 nitrogen and oxygen atoms in total. The van der Waals surface area contributed by atoms with Crippen molar-refractivity contribution < 1.29 is 9.18 Å². The molecule has 27 heavy (non-hydrogen) atoms. The van der Waals surface area contributed by atoms with Gasteiger partial charge in [-0.05, 0) is 42.5 Å². The molecule has 0 atom stereocenters. The Morgan fingerprint density at radius 3 is 2.70 bits per heavy atom. The van der Waals surface area contributed by atoms with E-state index in [0.717, 1.165) is 10.2 Å². The second kappa shape index (κ2) is 7.09. The lowest BCUT2D eigenvalue weighted by Crippen LogP contribution is -2.11. The monoisotopic (exact) mass is 444 g/mol. The molecule has 0 amide bonds. The molecule has 0 spiro atoms. The van der Waals surface area contributed by atoms with Crippen molar-refractivity contribution in [1.82, 2.24) is 19.3 Å². The summed E-state index contributed by atoms with van der Waals surface area (Å²) in [6, 6.07) is 13.5. The topological polar surface area (TPSA) is 52.7 Å². The summed E-state index contributed by atoms with van der Waals surface area (Å²) in [6.07, 6.45) is 4.48. The molecule has 2 aromatic heterocycles. The molecule has 8 heteroatoms. The molecule has 0 aliphatic heterocycles. The van der Waals surface area contributed by atoms with Gasteiger partial charge in [-0.3, -0.25) is 9.36 Å². The van der Waals surface area contributed by atoms with E-state index in [1.54, 1.807) is 23.0 Å². The zero-order valence-corrected chi connectivity index (χ0v) is 16.0. The molecular weight excluding hydrogens is 435 g/mol. The molecule has 0 bridgehead atoms. The molecule has 0 unspecified atom stereocenters. The minimum absolute atomic E-state index is 0.00280. The number of benzene rings is 2. The number of aromatic nitrogens is 4. The van der Waals surface area contributed by atoms with Gasteiger partial charge in [0.25, 0.3) is 5.91 Å². The summed E-state index contributed by atoms with van der Waals surface area (Å²) in [5, 5.41) is 4.46. The third-order valence-corrected chi connectivity index (χ3v) is 4.72. The number of imidazole rings is 1. The number of carbonyl (C=O) groups is 1. The zero-order chi connectivity index (χ0) is 19.0. The lowest BCUT2D eigenvalue weighted by molar-refractivity contribution is 0.0954. The minimum Gasteiger partial charge on any atom is -0.271 e. The van der Waals surface area contributed by atoms with Crippen LogP contribution in [-0.2, 0) is 0 Å². The summed E-state index contributed by atoms with van der Waals surface area (Å²) in [7, 11) is 0. The molecule has 2 heterocycles. The van der Waals surface area contributed by atoms with Crippen molar-refractivity contribution in [3.8, 4) is 16.9 Å². The molecule has 0 radical (unpaired) electrons. The van der Waals surface area contributed by atoms with Crippen molar-refractivity contribution in [3.05, 3.63) is 88.3 Å². The number of carbonyl (C=O) groups excluding carboxylic acids is 1. The van der Waals surface area contributed by atoms with Gasteiger partial charge in [0.15, 0.2) is 5.69 Å². The van der Waals surface area contributed by atoms with Crippen molar-refractivity contribution >= 4 is 33.4 Å². The van der Waals surface area contributed by atoms with Gasteiger partial charge < -0.3 is 0 Å². The van der Waals surface area contributed by atoms with E-state index in [4.69, 9.17) is 11.6 Å². The maximum absolute atomic E-state index is 13.6. The number of hydrogen-bond donors (Lipinski definition) is 0. The Bertz CT molecular complexity index is 1140. The predicted molar refractivity (Wildman–Crippen MR) is 104 cm³/mol. The van der Waals surface area contributed by atoms with Crippen LogP contribution < -0.4 is 0 Å². The normalized spacial score (nSPS) is 10.9. The average molecular weight is 446 g/mol. The first-order chi connectivity index (χ1) is 13.0. The van der Waals surface area contributed by atoms with Gasteiger partial charge in [-0.2, -0.15) is 5.10 Å². The van der Waals surface area contributed by atoms with Gasteiger partial charge in [-0.15, -0.1) is 0 Å². The van der Waals surface area contributed by atoms with Gasteiger partial charge in [0.05, 0.1) is 16.4 Å². The van der Waals surface area contributed by atoms with E-state index >= 15 is 0 Å². The highest BCUT2D eigenvalue weighted by Crippen LogP contribution is 2.29. The van der Waals surface area contributed by atoms with Gasteiger partial charge >= 0.3 is 0 Å². The second-order valence-electron chi connectivity index (χ2n) is 5.71. The highest BCUT2D eigenvalue weighted by atomic mass is 79.9. The predicted octanol–water partition coefficient (Wildman–Crippen LogP) is 4.98. The Kier molecular flexibility index (Phi) is 4.63. The van der Waals surface area contributed by atoms with Crippen LogP contribution in [0, 0.1) is 5.82 Å². The third kappa shape index (κ3) is 3.43. The Balaban J connectivity index is 1.90. The van der Waals surface area contributed by atoms with Crippen LogP contribution in [0.5, 0.6) is 0 Å². The summed E-state index contributed by atoms with van der Waals surface area (Å²) in [5.41, 5.74) is 2.21. The smallest absolute Gasteiger partial charge is 0.271 e. The van der Waals surface area contributed by atoms with Gasteiger partial charge in [0, 0.05) is 22.4 Å². The molecule has 2 aromatic carbocycles. The van der Waals surface area contributed by atoms with Gasteiger partial charge in [-0.1, -0.05) is 33.6 Å². The number of rotatable bonds is 3. The van der Waals surface area contributed by atoms with Crippen LogP contribution >= 0.6 is 27.5 Å². The largest absolute Gasteiger partial charge is 0.283 e. The van der Waals surface area contributed by atoms with E-state index in [0.29, 0.717) is 11.3 Å². The first-order valence-electron chi connectivity index (χ1n) is 7.87. The van der Waals surface area contributed by atoms with E-state index in [9.17, 15) is 9.18 Å². The average Bonchev–Trinajstić information content (AvgIpc) is 3.33. The SMILES string of the molecule is O=C(c1cc(-c2ccc(F)c(Cl)c2)n(-c2cccc(Br)c2)n1)n1ccnc1. The van der Waals surface area contributed by atoms with Crippen molar-refractivity contribution in [2.45, 2.75) is 0 Å².